The number of nitriles is 1. The van der Waals surface area contributed by atoms with E-state index in [1.54, 1.807) is 50.2 Å². The number of hydrogen-bond donors (Lipinski definition) is 0. The average molecular weight is 450 g/mol. The second-order valence-electron chi connectivity index (χ2n) is 7.77. The first kappa shape index (κ1) is 22.7. The van der Waals surface area contributed by atoms with Crippen LogP contribution in [0, 0.1) is 28.6 Å². The van der Waals surface area contributed by atoms with Crippen molar-refractivity contribution < 1.29 is 27.4 Å². The number of allylic oxidation sites excluding steroid dienone is 2. The van der Waals surface area contributed by atoms with Crippen LogP contribution in [-0.4, -0.2) is 12.1 Å². The van der Waals surface area contributed by atoms with Crippen LogP contribution in [0.25, 0.3) is 0 Å². The quantitative estimate of drug-likeness (QED) is 0.469. The molecule has 0 spiro atoms. The molecule has 2 aromatic carbocycles. The summed E-state index contributed by atoms with van der Waals surface area (Å²) in [4.78, 5) is 12.6. The lowest BCUT2D eigenvalue weighted by Crippen LogP contribution is -2.14. The molecule has 0 heterocycles. The summed E-state index contributed by atoms with van der Waals surface area (Å²) in [5.41, 5.74) is -0.371. The maximum atomic E-state index is 12.7. The van der Waals surface area contributed by atoms with Crippen molar-refractivity contribution in [3.63, 3.8) is 0 Å². The van der Waals surface area contributed by atoms with Crippen LogP contribution in [0.2, 0.25) is 0 Å². The van der Waals surface area contributed by atoms with Crippen LogP contribution in [0.3, 0.4) is 0 Å². The van der Waals surface area contributed by atoms with Gasteiger partial charge in [0.1, 0.15) is 22.6 Å². The molecule has 1 aliphatic rings. The Balaban J connectivity index is 1.72. The molecule has 1 aliphatic carbocycles. The molecule has 0 aromatic heterocycles. The molecule has 0 radical (unpaired) electrons. The van der Waals surface area contributed by atoms with Gasteiger partial charge in [-0.1, -0.05) is 61.9 Å². The molecule has 1 fully saturated rings. The fourth-order valence-electron chi connectivity index (χ4n) is 3.42. The Labute approximate surface area is 182 Å². The SMILES string of the molecule is CC1(C)[C@H](C(=O)O[C@H](C#N)c2cccc(Oc3ccccc3)c2)[C@@H]1C=C(Cl)C(F)(F)F. The van der Waals surface area contributed by atoms with Crippen molar-refractivity contribution >= 4 is 17.6 Å². The molecule has 3 atom stereocenters. The highest BCUT2D eigenvalue weighted by Gasteiger charge is 2.62. The van der Waals surface area contributed by atoms with Gasteiger partial charge < -0.3 is 9.47 Å². The Morgan fingerprint density at radius 3 is 2.42 bits per heavy atom. The molecule has 4 nitrogen and oxygen atoms in total. The molecular weight excluding hydrogens is 431 g/mol. The molecule has 3 rings (SSSR count). The third-order valence-corrected chi connectivity index (χ3v) is 5.59. The third kappa shape index (κ3) is 5.20. The van der Waals surface area contributed by atoms with E-state index >= 15 is 0 Å². The van der Waals surface area contributed by atoms with E-state index in [1.165, 1.54) is 0 Å². The average Bonchev–Trinajstić information content (AvgIpc) is 3.26. The lowest BCUT2D eigenvalue weighted by molar-refractivity contribution is -0.149. The van der Waals surface area contributed by atoms with Crippen LogP contribution < -0.4 is 4.74 Å². The Hall–Kier alpha value is -2.98. The van der Waals surface area contributed by atoms with E-state index in [0.29, 0.717) is 17.1 Å². The highest BCUT2D eigenvalue weighted by atomic mass is 35.5. The summed E-state index contributed by atoms with van der Waals surface area (Å²) in [6.07, 6.45) is -5.07. The fourth-order valence-corrected chi connectivity index (χ4v) is 3.55. The normalized spacial score (nSPS) is 21.0. The van der Waals surface area contributed by atoms with E-state index in [2.05, 4.69) is 0 Å². The van der Waals surface area contributed by atoms with Gasteiger partial charge in [0.05, 0.1) is 5.92 Å². The topological polar surface area (TPSA) is 59.3 Å². The van der Waals surface area contributed by atoms with Crippen molar-refractivity contribution in [1.82, 2.24) is 0 Å². The first-order valence-corrected chi connectivity index (χ1v) is 9.79. The summed E-state index contributed by atoms with van der Waals surface area (Å²) >= 11 is 5.32. The number of para-hydroxylation sites is 1. The number of rotatable bonds is 6. The molecule has 0 unspecified atom stereocenters. The van der Waals surface area contributed by atoms with Gasteiger partial charge in [-0.05, 0) is 35.6 Å². The molecule has 0 saturated heterocycles. The minimum absolute atomic E-state index is 0.392. The Morgan fingerprint density at radius 1 is 1.16 bits per heavy atom. The number of ether oxygens (including phenoxy) is 2. The third-order valence-electron chi connectivity index (χ3n) is 5.25. The monoisotopic (exact) mass is 449 g/mol. The first-order valence-electron chi connectivity index (χ1n) is 9.41. The zero-order valence-corrected chi connectivity index (χ0v) is 17.4. The van der Waals surface area contributed by atoms with Gasteiger partial charge in [0.15, 0.2) is 0 Å². The standard InChI is InChI=1S/C23H19ClF3NO3/c1-22(2)17(12-19(24)23(25,26)27)20(22)21(29)31-18(13-28)14-7-6-10-16(11-14)30-15-8-4-3-5-9-15/h3-12,17-18,20H,1-2H3/t17-,18+,20-/m0/s1. The molecule has 1 saturated carbocycles. The van der Waals surface area contributed by atoms with Gasteiger partial charge in [0, 0.05) is 5.56 Å². The zero-order chi connectivity index (χ0) is 22.8. The minimum atomic E-state index is -4.68. The number of hydrogen-bond acceptors (Lipinski definition) is 4. The number of benzene rings is 2. The predicted octanol–water partition coefficient (Wildman–Crippen LogP) is 6.54. The molecule has 0 amide bonds. The molecular formula is C23H19ClF3NO3. The largest absolute Gasteiger partial charge is 0.457 e. The molecule has 162 valence electrons. The van der Waals surface area contributed by atoms with Gasteiger partial charge in [-0.2, -0.15) is 18.4 Å². The molecule has 31 heavy (non-hydrogen) atoms. The second kappa shape index (κ2) is 8.64. The number of carbonyl (C=O) groups is 1. The van der Waals surface area contributed by atoms with Gasteiger partial charge in [-0.3, -0.25) is 4.79 Å². The summed E-state index contributed by atoms with van der Waals surface area (Å²) in [6.45, 7) is 3.30. The second-order valence-corrected chi connectivity index (χ2v) is 8.18. The van der Waals surface area contributed by atoms with Crippen LogP contribution in [0.4, 0.5) is 13.2 Å². The summed E-state index contributed by atoms with van der Waals surface area (Å²) in [5.74, 6) is -1.27. The van der Waals surface area contributed by atoms with E-state index in [-0.39, 0.29) is 0 Å². The summed E-state index contributed by atoms with van der Waals surface area (Å²) in [6, 6.07) is 17.4. The maximum absolute atomic E-state index is 12.7. The minimum Gasteiger partial charge on any atom is -0.457 e. The van der Waals surface area contributed by atoms with Crippen LogP contribution in [0.1, 0.15) is 25.5 Å². The van der Waals surface area contributed by atoms with Crippen LogP contribution >= 0.6 is 11.6 Å². The number of nitrogens with zero attached hydrogens (tertiary/aromatic N) is 1. The molecule has 0 N–H and O–H groups in total. The lowest BCUT2D eigenvalue weighted by atomic mass is 10.1. The summed E-state index contributed by atoms with van der Waals surface area (Å²) in [5, 5.41) is 8.23. The van der Waals surface area contributed by atoms with E-state index < -0.39 is 40.5 Å². The zero-order valence-electron chi connectivity index (χ0n) is 16.7. The van der Waals surface area contributed by atoms with Crippen molar-refractivity contribution in [2.75, 3.05) is 0 Å². The van der Waals surface area contributed by atoms with Crippen molar-refractivity contribution in [3.8, 4) is 17.6 Å². The Bertz CT molecular complexity index is 1030. The van der Waals surface area contributed by atoms with Crippen LogP contribution in [0.15, 0.2) is 65.7 Å². The number of carbonyl (C=O) groups excluding carboxylic acids is 1. The Kier molecular flexibility index (Phi) is 6.33. The first-order chi connectivity index (χ1) is 14.5. The van der Waals surface area contributed by atoms with E-state index in [1.807, 2.05) is 24.3 Å². The van der Waals surface area contributed by atoms with Crippen LogP contribution in [-0.2, 0) is 9.53 Å². The molecule has 8 heteroatoms. The van der Waals surface area contributed by atoms with Crippen molar-refractivity contribution in [2.24, 2.45) is 17.3 Å². The van der Waals surface area contributed by atoms with Gasteiger partial charge in [0.2, 0.25) is 6.10 Å². The van der Waals surface area contributed by atoms with Crippen molar-refractivity contribution in [1.29, 1.82) is 5.26 Å². The number of esters is 1. The fraction of sp³-hybridized carbons (Fsp3) is 0.304. The van der Waals surface area contributed by atoms with E-state index in [4.69, 9.17) is 21.1 Å². The van der Waals surface area contributed by atoms with Crippen molar-refractivity contribution in [3.05, 3.63) is 71.3 Å². The summed E-state index contributed by atoms with van der Waals surface area (Å²) < 4.78 is 49.2. The van der Waals surface area contributed by atoms with Gasteiger partial charge >= 0.3 is 12.1 Å². The van der Waals surface area contributed by atoms with Gasteiger partial charge in [-0.25, -0.2) is 0 Å². The predicted molar refractivity (Wildman–Crippen MR) is 108 cm³/mol. The molecule has 0 bridgehead atoms. The van der Waals surface area contributed by atoms with E-state index in [0.717, 1.165) is 6.08 Å². The van der Waals surface area contributed by atoms with Gasteiger partial charge in [0.25, 0.3) is 0 Å². The van der Waals surface area contributed by atoms with E-state index in [9.17, 15) is 23.2 Å². The smallest absolute Gasteiger partial charge is 0.426 e. The molecule has 0 aliphatic heterocycles. The number of alkyl halides is 3. The van der Waals surface area contributed by atoms with Crippen molar-refractivity contribution in [2.45, 2.75) is 26.1 Å². The Morgan fingerprint density at radius 2 is 1.81 bits per heavy atom. The molecule has 2 aromatic rings. The lowest BCUT2D eigenvalue weighted by Gasteiger charge is -2.13. The van der Waals surface area contributed by atoms with Crippen LogP contribution in [0.5, 0.6) is 11.5 Å². The maximum Gasteiger partial charge on any atom is 0.426 e. The van der Waals surface area contributed by atoms with Gasteiger partial charge in [-0.15, -0.1) is 0 Å². The summed E-state index contributed by atoms with van der Waals surface area (Å²) in [7, 11) is 0. The number of halogens is 4. The highest BCUT2D eigenvalue weighted by Crippen LogP contribution is 2.60. The highest BCUT2D eigenvalue weighted by molar-refractivity contribution is 6.30.